The van der Waals surface area contributed by atoms with Crippen LogP contribution in [0.1, 0.15) is 5.56 Å². The van der Waals surface area contributed by atoms with Crippen LogP contribution < -0.4 is 16.7 Å². The third-order valence-corrected chi connectivity index (χ3v) is 2.04. The first-order valence-electron chi connectivity index (χ1n) is 3.71. The number of alkyl halides is 1. The lowest BCUT2D eigenvalue weighted by Gasteiger charge is -2.11. The Balaban J connectivity index is 3.21. The van der Waals surface area contributed by atoms with Gasteiger partial charge in [0, 0.05) is 17.0 Å². The van der Waals surface area contributed by atoms with Gasteiger partial charge in [0.1, 0.15) is 0 Å². The fourth-order valence-electron chi connectivity index (χ4n) is 1.16. The highest BCUT2D eigenvalue weighted by atomic mass is 35.5. The largest absolute Gasteiger partial charge is 0.490 e. The average molecular weight is 200 g/mol. The molecule has 6 heteroatoms. The molecule has 0 atom stereocenters. The summed E-state index contributed by atoms with van der Waals surface area (Å²) in [6.07, 6.45) is 0. The Kier molecular flexibility index (Phi) is 3.56. The summed E-state index contributed by atoms with van der Waals surface area (Å²) >= 11 is 5.61. The SMILES string of the molecule is NNc1cccc(CCl)c1B(O)O. The van der Waals surface area contributed by atoms with Crippen LogP contribution in [0.25, 0.3) is 0 Å². The van der Waals surface area contributed by atoms with Crippen molar-refractivity contribution in [3.05, 3.63) is 23.8 Å². The molecule has 1 aromatic rings. The highest BCUT2D eigenvalue weighted by molar-refractivity contribution is 6.61. The molecule has 0 saturated carbocycles. The summed E-state index contributed by atoms with van der Waals surface area (Å²) in [6.45, 7) is 0. The van der Waals surface area contributed by atoms with Crippen LogP contribution in [0.4, 0.5) is 5.69 Å². The van der Waals surface area contributed by atoms with E-state index in [4.69, 9.17) is 27.5 Å². The Morgan fingerprint density at radius 1 is 1.46 bits per heavy atom. The van der Waals surface area contributed by atoms with Crippen LogP contribution >= 0.6 is 11.6 Å². The van der Waals surface area contributed by atoms with Crippen molar-refractivity contribution in [2.24, 2.45) is 5.84 Å². The first kappa shape index (κ1) is 10.3. The van der Waals surface area contributed by atoms with E-state index in [2.05, 4.69) is 5.43 Å². The fourth-order valence-corrected chi connectivity index (χ4v) is 1.39. The maximum atomic E-state index is 9.05. The lowest BCUT2D eigenvalue weighted by atomic mass is 9.76. The number of nitrogens with two attached hydrogens (primary N) is 1. The van der Waals surface area contributed by atoms with Gasteiger partial charge in [0.15, 0.2) is 0 Å². The van der Waals surface area contributed by atoms with Crippen LogP contribution in [0.5, 0.6) is 0 Å². The van der Waals surface area contributed by atoms with E-state index in [9.17, 15) is 0 Å². The second-order valence-corrected chi connectivity index (χ2v) is 2.80. The Morgan fingerprint density at radius 2 is 2.15 bits per heavy atom. The van der Waals surface area contributed by atoms with Gasteiger partial charge in [-0.3, -0.25) is 5.84 Å². The monoisotopic (exact) mass is 200 g/mol. The van der Waals surface area contributed by atoms with E-state index >= 15 is 0 Å². The summed E-state index contributed by atoms with van der Waals surface area (Å²) in [5.74, 6) is 5.41. The molecule has 0 unspecified atom stereocenters. The topological polar surface area (TPSA) is 78.5 Å². The van der Waals surface area contributed by atoms with Gasteiger partial charge in [0.05, 0.1) is 0 Å². The van der Waals surface area contributed by atoms with Crippen LogP contribution in [0.15, 0.2) is 18.2 Å². The Bertz CT molecular complexity index is 274. The molecule has 0 aliphatic rings. The zero-order valence-electron chi connectivity index (χ0n) is 6.87. The van der Waals surface area contributed by atoms with Crippen LogP contribution in [0.3, 0.4) is 0 Å². The average Bonchev–Trinajstić information content (AvgIpc) is 2.16. The molecule has 0 fully saturated rings. The molecular formula is C7H10BClN2O2. The number of nitrogens with one attached hydrogen (secondary N) is 1. The van der Waals surface area contributed by atoms with Gasteiger partial charge in [-0.1, -0.05) is 12.1 Å². The van der Waals surface area contributed by atoms with Gasteiger partial charge in [-0.05, 0) is 11.6 Å². The minimum atomic E-state index is -1.57. The first-order valence-corrected chi connectivity index (χ1v) is 4.24. The molecule has 13 heavy (non-hydrogen) atoms. The zero-order chi connectivity index (χ0) is 9.84. The molecule has 0 saturated heterocycles. The molecule has 1 aromatic carbocycles. The van der Waals surface area contributed by atoms with Crippen LogP contribution in [-0.2, 0) is 5.88 Å². The molecule has 0 bridgehead atoms. The lowest BCUT2D eigenvalue weighted by Crippen LogP contribution is -2.36. The van der Waals surface area contributed by atoms with E-state index in [1.807, 2.05) is 0 Å². The third kappa shape index (κ3) is 2.13. The summed E-state index contributed by atoms with van der Waals surface area (Å²) in [5.41, 5.74) is 3.80. The van der Waals surface area contributed by atoms with Crippen molar-refractivity contribution < 1.29 is 10.0 Å². The molecule has 0 aliphatic carbocycles. The van der Waals surface area contributed by atoms with Crippen molar-refractivity contribution in [1.82, 2.24) is 0 Å². The van der Waals surface area contributed by atoms with E-state index in [0.29, 0.717) is 16.7 Å². The van der Waals surface area contributed by atoms with E-state index < -0.39 is 7.12 Å². The standard InChI is InChI=1S/C7H10BClN2O2/c9-4-5-2-1-3-6(11-10)7(5)8(12)13/h1-3,11-13H,4,10H2. The Hall–Kier alpha value is -0.745. The van der Waals surface area contributed by atoms with Crippen LogP contribution in [-0.4, -0.2) is 17.2 Å². The van der Waals surface area contributed by atoms with Crippen LogP contribution in [0.2, 0.25) is 0 Å². The molecule has 1 rings (SSSR count). The van der Waals surface area contributed by atoms with E-state index in [1.165, 1.54) is 0 Å². The number of nitrogen functional groups attached to an aromatic ring is 1. The van der Waals surface area contributed by atoms with Crippen molar-refractivity contribution >= 4 is 29.9 Å². The molecular weight excluding hydrogens is 190 g/mol. The molecule has 0 spiro atoms. The normalized spacial score (nSPS) is 9.85. The van der Waals surface area contributed by atoms with Gasteiger partial charge < -0.3 is 15.5 Å². The third-order valence-electron chi connectivity index (χ3n) is 1.75. The van der Waals surface area contributed by atoms with Crippen molar-refractivity contribution in [2.75, 3.05) is 5.43 Å². The number of hydrazine groups is 1. The molecule has 0 heterocycles. The molecule has 5 N–H and O–H groups in total. The zero-order valence-corrected chi connectivity index (χ0v) is 7.62. The number of hydrogen-bond acceptors (Lipinski definition) is 4. The summed E-state index contributed by atoms with van der Waals surface area (Å²) in [4.78, 5) is 0. The fraction of sp³-hybridized carbons (Fsp3) is 0.143. The Morgan fingerprint density at radius 3 is 2.62 bits per heavy atom. The molecule has 0 aliphatic heterocycles. The van der Waals surface area contributed by atoms with Crippen molar-refractivity contribution in [3.8, 4) is 0 Å². The lowest BCUT2D eigenvalue weighted by molar-refractivity contribution is 0.425. The minimum Gasteiger partial charge on any atom is -0.423 e. The van der Waals surface area contributed by atoms with E-state index in [0.717, 1.165) is 0 Å². The first-order chi connectivity index (χ1) is 6.20. The van der Waals surface area contributed by atoms with Crippen molar-refractivity contribution in [3.63, 3.8) is 0 Å². The Labute approximate surface area is 81.4 Å². The maximum Gasteiger partial charge on any atom is 0.490 e. The highest BCUT2D eigenvalue weighted by Crippen LogP contribution is 2.09. The second-order valence-electron chi connectivity index (χ2n) is 2.53. The van der Waals surface area contributed by atoms with E-state index in [-0.39, 0.29) is 5.88 Å². The predicted molar refractivity (Wildman–Crippen MR) is 53.6 cm³/mol. The minimum absolute atomic E-state index is 0.211. The molecule has 0 radical (unpaired) electrons. The van der Waals surface area contributed by atoms with Gasteiger partial charge in [0.2, 0.25) is 0 Å². The molecule has 70 valence electrons. The van der Waals surface area contributed by atoms with Gasteiger partial charge in [-0.15, -0.1) is 11.6 Å². The molecule has 0 aromatic heterocycles. The summed E-state index contributed by atoms with van der Waals surface area (Å²) in [7, 11) is -1.57. The van der Waals surface area contributed by atoms with Crippen LogP contribution in [0, 0.1) is 0 Å². The second kappa shape index (κ2) is 4.48. The molecule has 4 nitrogen and oxygen atoms in total. The van der Waals surface area contributed by atoms with Gasteiger partial charge in [-0.25, -0.2) is 0 Å². The number of anilines is 1. The number of hydrogen-bond donors (Lipinski definition) is 4. The van der Waals surface area contributed by atoms with E-state index in [1.54, 1.807) is 18.2 Å². The highest BCUT2D eigenvalue weighted by Gasteiger charge is 2.19. The quantitative estimate of drug-likeness (QED) is 0.227. The summed E-state index contributed by atoms with van der Waals surface area (Å²) in [6, 6.07) is 5.09. The van der Waals surface area contributed by atoms with Crippen molar-refractivity contribution in [1.29, 1.82) is 0 Å². The van der Waals surface area contributed by atoms with Gasteiger partial charge in [-0.2, -0.15) is 0 Å². The van der Waals surface area contributed by atoms with Crippen molar-refractivity contribution in [2.45, 2.75) is 5.88 Å². The summed E-state index contributed by atoms with van der Waals surface area (Å²) in [5, 5.41) is 18.1. The maximum absolute atomic E-state index is 9.05. The smallest absolute Gasteiger partial charge is 0.423 e. The number of benzene rings is 1. The number of halogens is 1. The number of rotatable bonds is 3. The van der Waals surface area contributed by atoms with Gasteiger partial charge in [0.25, 0.3) is 0 Å². The molecule has 0 amide bonds. The predicted octanol–water partition coefficient (Wildman–Crippen LogP) is -0.609. The summed E-state index contributed by atoms with van der Waals surface area (Å²) < 4.78 is 0. The van der Waals surface area contributed by atoms with Gasteiger partial charge >= 0.3 is 7.12 Å².